The van der Waals surface area contributed by atoms with Crippen LogP contribution in [-0.2, 0) is 16.0 Å². The van der Waals surface area contributed by atoms with E-state index < -0.39 is 0 Å². The van der Waals surface area contributed by atoms with E-state index in [0.29, 0.717) is 40.4 Å². The molecule has 3 unspecified atom stereocenters. The topological polar surface area (TPSA) is 56.5 Å². The van der Waals surface area contributed by atoms with Gasteiger partial charge in [-0.05, 0) is 33.6 Å². The van der Waals surface area contributed by atoms with Crippen LogP contribution in [0.4, 0.5) is 0 Å². The SMILES string of the molecule is CCc1oc(C(C)C2=C(C)C(=O)C(C)C(C(C)C)O2)c(C)c(=O)c1C. The number of rotatable bonds is 4. The highest BCUT2D eigenvalue weighted by atomic mass is 16.5. The zero-order valence-corrected chi connectivity index (χ0v) is 16.6. The molecule has 25 heavy (non-hydrogen) atoms. The van der Waals surface area contributed by atoms with Gasteiger partial charge >= 0.3 is 0 Å². The molecular weight excluding hydrogens is 316 g/mol. The maximum atomic E-state index is 12.7. The second-order valence-electron chi connectivity index (χ2n) is 7.51. The Kier molecular flexibility index (Phi) is 5.60. The van der Waals surface area contributed by atoms with E-state index in [1.54, 1.807) is 13.8 Å². The molecule has 1 aliphatic rings. The van der Waals surface area contributed by atoms with E-state index in [-0.39, 0.29) is 35.1 Å². The molecule has 3 atom stereocenters. The molecule has 0 aromatic carbocycles. The second-order valence-corrected chi connectivity index (χ2v) is 7.51. The van der Waals surface area contributed by atoms with E-state index in [1.807, 2.05) is 27.7 Å². The second kappa shape index (κ2) is 7.19. The molecule has 1 aliphatic heterocycles. The fourth-order valence-electron chi connectivity index (χ4n) is 3.76. The lowest BCUT2D eigenvalue weighted by Crippen LogP contribution is -2.38. The van der Waals surface area contributed by atoms with Crippen LogP contribution in [0, 0.1) is 25.7 Å². The molecule has 0 saturated carbocycles. The van der Waals surface area contributed by atoms with Gasteiger partial charge in [0.25, 0.3) is 0 Å². The number of hydrogen-bond acceptors (Lipinski definition) is 4. The summed E-state index contributed by atoms with van der Waals surface area (Å²) < 4.78 is 12.3. The minimum atomic E-state index is -0.267. The molecule has 1 aromatic rings. The summed E-state index contributed by atoms with van der Waals surface area (Å²) in [6.45, 7) is 15.3. The first-order valence-corrected chi connectivity index (χ1v) is 9.16. The van der Waals surface area contributed by atoms with Crippen LogP contribution in [0.2, 0.25) is 0 Å². The molecular formula is C21H30O4. The lowest BCUT2D eigenvalue weighted by Gasteiger charge is -2.36. The Balaban J connectivity index is 2.57. The quantitative estimate of drug-likeness (QED) is 0.808. The summed E-state index contributed by atoms with van der Waals surface area (Å²) >= 11 is 0. The predicted octanol–water partition coefficient (Wildman–Crippen LogP) is 4.46. The standard InChI is InChI=1S/C21H30O4/c1-9-16-11(4)17(22)13(6)20(24-16)15(8)21-14(7)18(23)12(5)19(25-21)10(2)3/h10,12,15,19H,9H2,1-8H3. The van der Waals surface area contributed by atoms with Crippen molar-refractivity contribution in [2.75, 3.05) is 0 Å². The number of Topliss-reactive ketones (excluding diaryl/α,β-unsaturated/α-hetero) is 1. The molecule has 0 saturated heterocycles. The van der Waals surface area contributed by atoms with Crippen LogP contribution < -0.4 is 5.43 Å². The third-order valence-corrected chi connectivity index (χ3v) is 5.38. The molecule has 0 N–H and O–H groups in total. The van der Waals surface area contributed by atoms with E-state index >= 15 is 0 Å². The van der Waals surface area contributed by atoms with Crippen molar-refractivity contribution in [1.82, 2.24) is 0 Å². The van der Waals surface area contributed by atoms with Crippen molar-refractivity contribution in [2.24, 2.45) is 11.8 Å². The first-order valence-electron chi connectivity index (χ1n) is 9.16. The van der Waals surface area contributed by atoms with E-state index in [0.717, 1.165) is 0 Å². The Morgan fingerprint density at radius 1 is 1.04 bits per heavy atom. The molecule has 4 heteroatoms. The van der Waals surface area contributed by atoms with Crippen molar-refractivity contribution in [1.29, 1.82) is 0 Å². The van der Waals surface area contributed by atoms with E-state index in [1.165, 1.54) is 0 Å². The van der Waals surface area contributed by atoms with Gasteiger partial charge in [-0.1, -0.05) is 27.7 Å². The number of ketones is 1. The highest BCUT2D eigenvalue weighted by molar-refractivity contribution is 5.98. The average molecular weight is 346 g/mol. The number of ether oxygens (including phenoxy) is 1. The highest BCUT2D eigenvalue weighted by Gasteiger charge is 2.38. The van der Waals surface area contributed by atoms with Crippen molar-refractivity contribution in [3.05, 3.63) is 44.2 Å². The number of aryl methyl sites for hydroxylation is 1. The van der Waals surface area contributed by atoms with Crippen molar-refractivity contribution < 1.29 is 13.9 Å². The molecule has 4 nitrogen and oxygen atoms in total. The van der Waals surface area contributed by atoms with Gasteiger partial charge in [-0.25, -0.2) is 0 Å². The Morgan fingerprint density at radius 3 is 2.16 bits per heavy atom. The Bertz CT molecular complexity index is 767. The van der Waals surface area contributed by atoms with Gasteiger partial charge < -0.3 is 9.15 Å². The van der Waals surface area contributed by atoms with Gasteiger partial charge in [0.1, 0.15) is 23.4 Å². The normalized spacial score (nSPS) is 22.4. The molecule has 1 aromatic heterocycles. The zero-order chi connectivity index (χ0) is 19.0. The van der Waals surface area contributed by atoms with Crippen molar-refractivity contribution in [2.45, 2.75) is 73.8 Å². The largest absolute Gasteiger partial charge is 0.493 e. The summed E-state index contributed by atoms with van der Waals surface area (Å²) in [5, 5.41) is 0. The van der Waals surface area contributed by atoms with Crippen molar-refractivity contribution in [3.8, 4) is 0 Å². The maximum absolute atomic E-state index is 12.7. The van der Waals surface area contributed by atoms with Crippen molar-refractivity contribution >= 4 is 5.78 Å². The fourth-order valence-corrected chi connectivity index (χ4v) is 3.76. The number of hydrogen-bond donors (Lipinski definition) is 0. The summed E-state index contributed by atoms with van der Waals surface area (Å²) in [6.07, 6.45) is 0.502. The Morgan fingerprint density at radius 2 is 1.64 bits per heavy atom. The minimum Gasteiger partial charge on any atom is -0.493 e. The predicted molar refractivity (Wildman–Crippen MR) is 98.8 cm³/mol. The molecule has 0 spiro atoms. The molecule has 0 amide bonds. The molecule has 0 radical (unpaired) electrons. The van der Waals surface area contributed by atoms with Crippen LogP contribution in [0.1, 0.15) is 70.1 Å². The minimum absolute atomic E-state index is 0.0131. The molecule has 2 rings (SSSR count). The van der Waals surface area contributed by atoms with E-state index in [2.05, 4.69) is 13.8 Å². The number of carbonyl (C=O) groups is 1. The monoisotopic (exact) mass is 346 g/mol. The lowest BCUT2D eigenvalue weighted by atomic mass is 9.83. The van der Waals surface area contributed by atoms with Crippen molar-refractivity contribution in [3.63, 3.8) is 0 Å². The maximum Gasteiger partial charge on any atom is 0.191 e. The van der Waals surface area contributed by atoms with Crippen LogP contribution >= 0.6 is 0 Å². The van der Waals surface area contributed by atoms with Gasteiger partial charge in [0.2, 0.25) is 0 Å². The Labute approximate surface area is 150 Å². The van der Waals surface area contributed by atoms with Gasteiger partial charge in [0.05, 0.1) is 11.8 Å². The van der Waals surface area contributed by atoms with Crippen LogP contribution in [-0.4, -0.2) is 11.9 Å². The summed E-state index contributed by atoms with van der Waals surface area (Å²) in [6, 6.07) is 0. The van der Waals surface area contributed by atoms with Crippen LogP contribution in [0.5, 0.6) is 0 Å². The zero-order valence-electron chi connectivity index (χ0n) is 16.6. The lowest BCUT2D eigenvalue weighted by molar-refractivity contribution is -0.127. The molecule has 2 heterocycles. The molecule has 138 valence electrons. The summed E-state index contributed by atoms with van der Waals surface area (Å²) in [5.41, 5.74) is 1.91. The molecule has 0 aliphatic carbocycles. The van der Waals surface area contributed by atoms with E-state index in [4.69, 9.17) is 9.15 Å². The third kappa shape index (κ3) is 3.31. The molecule has 0 fully saturated rings. The smallest absolute Gasteiger partial charge is 0.191 e. The van der Waals surface area contributed by atoms with Crippen LogP contribution in [0.25, 0.3) is 0 Å². The van der Waals surface area contributed by atoms with Gasteiger partial charge in [-0.3, -0.25) is 9.59 Å². The Hall–Kier alpha value is -1.84. The van der Waals surface area contributed by atoms with Crippen LogP contribution in [0.15, 0.2) is 20.5 Å². The number of carbonyl (C=O) groups excluding carboxylic acids is 1. The van der Waals surface area contributed by atoms with Gasteiger partial charge in [-0.15, -0.1) is 0 Å². The van der Waals surface area contributed by atoms with E-state index in [9.17, 15) is 9.59 Å². The van der Waals surface area contributed by atoms with Gasteiger partial charge in [0.15, 0.2) is 11.2 Å². The first-order chi connectivity index (χ1) is 11.6. The highest BCUT2D eigenvalue weighted by Crippen LogP contribution is 2.37. The summed E-state index contributed by atoms with van der Waals surface area (Å²) in [4.78, 5) is 25.2. The third-order valence-electron chi connectivity index (χ3n) is 5.38. The summed E-state index contributed by atoms with van der Waals surface area (Å²) in [5.74, 6) is 1.86. The van der Waals surface area contributed by atoms with Gasteiger partial charge in [0, 0.05) is 23.1 Å². The molecule has 0 bridgehead atoms. The first kappa shape index (κ1) is 19.5. The van der Waals surface area contributed by atoms with Gasteiger partial charge in [-0.2, -0.15) is 0 Å². The summed E-state index contributed by atoms with van der Waals surface area (Å²) in [7, 11) is 0. The average Bonchev–Trinajstić information content (AvgIpc) is 2.57. The van der Waals surface area contributed by atoms with Crippen LogP contribution in [0.3, 0.4) is 0 Å². The fraction of sp³-hybridized carbons (Fsp3) is 0.619. The number of allylic oxidation sites excluding steroid dienone is 2.